The molecule has 0 unspecified atom stereocenters. The molecule has 1 aromatic heterocycles. The number of anilines is 1. The van der Waals surface area contributed by atoms with Crippen LogP contribution in [0.5, 0.6) is 5.75 Å². The zero-order valence-corrected chi connectivity index (χ0v) is 13.2. The second kappa shape index (κ2) is 6.33. The molecular formula is C15H15N3O4S. The molecule has 7 nitrogen and oxygen atoms in total. The van der Waals surface area contributed by atoms with Gasteiger partial charge in [0.15, 0.2) is 5.13 Å². The fourth-order valence-corrected chi connectivity index (χ4v) is 3.02. The van der Waals surface area contributed by atoms with Gasteiger partial charge in [-0.1, -0.05) is 12.1 Å². The summed E-state index contributed by atoms with van der Waals surface area (Å²) in [5.74, 6) is -0.160. The predicted molar refractivity (Wildman–Crippen MR) is 86.2 cm³/mol. The van der Waals surface area contributed by atoms with Gasteiger partial charge in [-0.3, -0.25) is 14.9 Å². The maximum atomic E-state index is 11.9. The van der Waals surface area contributed by atoms with Crippen LogP contribution in [0.4, 0.5) is 5.13 Å². The average Bonchev–Trinajstić information content (AvgIpc) is 3.22. The van der Waals surface area contributed by atoms with E-state index in [-0.39, 0.29) is 5.91 Å². The van der Waals surface area contributed by atoms with E-state index in [0.29, 0.717) is 23.9 Å². The van der Waals surface area contributed by atoms with Crippen molar-refractivity contribution in [3.63, 3.8) is 0 Å². The number of ether oxygens (including phenoxy) is 1. The number of carbonyl (C=O) groups is 1. The molecule has 1 saturated carbocycles. The zero-order valence-electron chi connectivity index (χ0n) is 12.4. The first kappa shape index (κ1) is 15.4. The lowest BCUT2D eigenvalue weighted by Gasteiger charge is -2.07. The molecule has 0 bridgehead atoms. The van der Waals surface area contributed by atoms with E-state index in [1.165, 1.54) is 11.3 Å². The van der Waals surface area contributed by atoms with Crippen LogP contribution in [0.3, 0.4) is 0 Å². The number of aromatic nitrogens is 1. The van der Waals surface area contributed by atoms with Crippen LogP contribution < -0.4 is 10.1 Å². The Kier molecular flexibility index (Phi) is 4.24. The fourth-order valence-electron chi connectivity index (χ4n) is 2.31. The van der Waals surface area contributed by atoms with Crippen molar-refractivity contribution in [3.05, 3.63) is 39.8 Å². The van der Waals surface area contributed by atoms with Gasteiger partial charge in [-0.05, 0) is 19.1 Å². The SMILES string of the molecule is CCOc1ccccc1-c1csc(NC(=O)[C@H]2C[C@@H]2[N+](=O)[O-])n1. The van der Waals surface area contributed by atoms with Gasteiger partial charge in [0.05, 0.1) is 12.3 Å². The average molecular weight is 333 g/mol. The maximum absolute atomic E-state index is 11.9. The lowest BCUT2D eigenvalue weighted by Crippen LogP contribution is -2.18. The van der Waals surface area contributed by atoms with Crippen LogP contribution in [0.2, 0.25) is 0 Å². The molecule has 0 aliphatic heterocycles. The molecular weight excluding hydrogens is 318 g/mol. The van der Waals surface area contributed by atoms with E-state index in [0.717, 1.165) is 11.3 Å². The molecule has 0 radical (unpaired) electrons. The number of nitro groups is 1. The van der Waals surface area contributed by atoms with Gasteiger partial charge in [0.2, 0.25) is 11.9 Å². The van der Waals surface area contributed by atoms with Gasteiger partial charge in [0.25, 0.3) is 0 Å². The van der Waals surface area contributed by atoms with Crippen LogP contribution in [-0.2, 0) is 4.79 Å². The second-order valence-electron chi connectivity index (χ2n) is 5.15. The molecule has 1 aliphatic rings. The second-order valence-corrected chi connectivity index (χ2v) is 6.01. The molecule has 1 amide bonds. The number of nitrogens with one attached hydrogen (secondary N) is 1. The molecule has 0 spiro atoms. The number of amides is 1. The number of rotatable bonds is 6. The Hall–Kier alpha value is -2.48. The Morgan fingerprint density at radius 3 is 3.00 bits per heavy atom. The molecule has 3 rings (SSSR count). The predicted octanol–water partition coefficient (Wildman–Crippen LogP) is 2.81. The van der Waals surface area contributed by atoms with Crippen molar-refractivity contribution in [1.29, 1.82) is 0 Å². The van der Waals surface area contributed by atoms with Gasteiger partial charge in [0.1, 0.15) is 11.7 Å². The smallest absolute Gasteiger partial charge is 0.236 e. The van der Waals surface area contributed by atoms with Gasteiger partial charge in [-0.25, -0.2) is 4.98 Å². The Labute approximate surface area is 136 Å². The number of para-hydroxylation sites is 1. The third-order valence-corrected chi connectivity index (χ3v) is 4.32. The minimum Gasteiger partial charge on any atom is -0.493 e. The lowest BCUT2D eigenvalue weighted by molar-refractivity contribution is -0.497. The van der Waals surface area contributed by atoms with Crippen LogP contribution in [0.25, 0.3) is 11.3 Å². The number of benzene rings is 1. The van der Waals surface area contributed by atoms with E-state index in [1.54, 1.807) is 0 Å². The molecule has 2 aromatic rings. The minimum absolute atomic E-state index is 0.296. The van der Waals surface area contributed by atoms with E-state index < -0.39 is 16.9 Å². The van der Waals surface area contributed by atoms with Crippen molar-refractivity contribution < 1.29 is 14.5 Å². The molecule has 23 heavy (non-hydrogen) atoms. The van der Waals surface area contributed by atoms with Crippen LogP contribution >= 0.6 is 11.3 Å². The number of nitrogens with zero attached hydrogens (tertiary/aromatic N) is 2. The van der Waals surface area contributed by atoms with E-state index in [4.69, 9.17) is 4.74 Å². The van der Waals surface area contributed by atoms with Gasteiger partial charge in [0, 0.05) is 22.3 Å². The van der Waals surface area contributed by atoms with Crippen molar-refractivity contribution in [2.24, 2.45) is 5.92 Å². The summed E-state index contributed by atoms with van der Waals surface area (Å²) in [5.41, 5.74) is 1.55. The summed E-state index contributed by atoms with van der Waals surface area (Å²) in [6, 6.07) is 6.78. The third-order valence-electron chi connectivity index (χ3n) is 3.56. The Bertz CT molecular complexity index is 746. The van der Waals surface area contributed by atoms with E-state index in [2.05, 4.69) is 10.3 Å². The molecule has 1 fully saturated rings. The Balaban J connectivity index is 1.72. The summed E-state index contributed by atoms with van der Waals surface area (Å²) < 4.78 is 5.57. The first-order chi connectivity index (χ1) is 11.1. The quantitative estimate of drug-likeness (QED) is 0.648. The summed E-state index contributed by atoms with van der Waals surface area (Å²) in [6.45, 7) is 2.46. The number of thiazole rings is 1. The highest BCUT2D eigenvalue weighted by Gasteiger charge is 2.53. The normalized spacial score (nSPS) is 19.2. The number of carbonyl (C=O) groups excluding carboxylic acids is 1. The highest BCUT2D eigenvalue weighted by molar-refractivity contribution is 7.14. The first-order valence-electron chi connectivity index (χ1n) is 7.22. The van der Waals surface area contributed by atoms with Crippen molar-refractivity contribution in [2.75, 3.05) is 11.9 Å². The summed E-state index contributed by atoms with van der Waals surface area (Å²) in [4.78, 5) is 26.5. The van der Waals surface area contributed by atoms with Crippen LogP contribution in [0.15, 0.2) is 29.6 Å². The van der Waals surface area contributed by atoms with Crippen molar-refractivity contribution >= 4 is 22.4 Å². The lowest BCUT2D eigenvalue weighted by atomic mass is 10.1. The van der Waals surface area contributed by atoms with Gasteiger partial charge < -0.3 is 10.1 Å². The van der Waals surface area contributed by atoms with E-state index >= 15 is 0 Å². The molecule has 1 aromatic carbocycles. The van der Waals surface area contributed by atoms with Crippen LogP contribution in [0.1, 0.15) is 13.3 Å². The highest BCUT2D eigenvalue weighted by Crippen LogP contribution is 2.36. The van der Waals surface area contributed by atoms with Gasteiger partial charge in [-0.15, -0.1) is 11.3 Å². The molecule has 0 saturated heterocycles. The molecule has 8 heteroatoms. The summed E-state index contributed by atoms with van der Waals surface area (Å²) in [5, 5.41) is 15.5. The number of hydrogen-bond acceptors (Lipinski definition) is 6. The van der Waals surface area contributed by atoms with Crippen molar-refractivity contribution in [3.8, 4) is 17.0 Å². The van der Waals surface area contributed by atoms with E-state index in [9.17, 15) is 14.9 Å². The molecule has 2 atom stereocenters. The fraction of sp³-hybridized carbons (Fsp3) is 0.333. The number of hydrogen-bond donors (Lipinski definition) is 1. The van der Waals surface area contributed by atoms with Crippen LogP contribution in [-0.4, -0.2) is 28.5 Å². The monoisotopic (exact) mass is 333 g/mol. The largest absolute Gasteiger partial charge is 0.493 e. The topological polar surface area (TPSA) is 94.4 Å². The third kappa shape index (κ3) is 3.31. The minimum atomic E-state index is -0.756. The molecule has 1 aliphatic carbocycles. The molecule has 120 valence electrons. The molecule has 1 heterocycles. The highest BCUT2D eigenvalue weighted by atomic mass is 32.1. The molecule has 1 N–H and O–H groups in total. The van der Waals surface area contributed by atoms with Gasteiger partial charge >= 0.3 is 0 Å². The Morgan fingerprint density at radius 1 is 1.52 bits per heavy atom. The van der Waals surface area contributed by atoms with Gasteiger partial charge in [-0.2, -0.15) is 0 Å². The maximum Gasteiger partial charge on any atom is 0.236 e. The van der Waals surface area contributed by atoms with E-state index in [1.807, 2.05) is 36.6 Å². The summed E-state index contributed by atoms with van der Waals surface area (Å²) in [6.07, 6.45) is 0.296. The summed E-state index contributed by atoms with van der Waals surface area (Å²) >= 11 is 1.29. The summed E-state index contributed by atoms with van der Waals surface area (Å²) in [7, 11) is 0. The van der Waals surface area contributed by atoms with Crippen molar-refractivity contribution in [2.45, 2.75) is 19.4 Å². The van der Waals surface area contributed by atoms with Crippen molar-refractivity contribution in [1.82, 2.24) is 4.98 Å². The standard InChI is InChI=1S/C15H15N3O4S/c1-2-22-13-6-4-3-5-9(13)11-8-23-15(16-11)17-14(19)10-7-12(10)18(20)21/h3-6,8,10,12H,2,7H2,1H3,(H,16,17,19)/t10-,12-/m0/s1. The van der Waals surface area contributed by atoms with Crippen LogP contribution in [0, 0.1) is 16.0 Å². The zero-order chi connectivity index (χ0) is 16.4. The first-order valence-corrected chi connectivity index (χ1v) is 8.10. The Morgan fingerprint density at radius 2 is 2.30 bits per heavy atom.